The van der Waals surface area contributed by atoms with E-state index in [0.717, 1.165) is 16.6 Å². The number of nitrogens with two attached hydrogens (primary N) is 1. The fraction of sp³-hybridized carbons (Fsp3) is 0.357. The maximum atomic E-state index is 9.33. The van der Waals surface area contributed by atoms with Gasteiger partial charge >= 0.3 is 0 Å². The van der Waals surface area contributed by atoms with Gasteiger partial charge in [0.25, 0.3) is 0 Å². The number of nitrogens with one attached hydrogen (secondary N) is 1. The molecular weight excluding hydrogens is 258 g/mol. The molecule has 0 aliphatic carbocycles. The number of thioether (sulfide) groups is 1. The number of nitrogen functional groups attached to an aromatic ring is 1. The summed E-state index contributed by atoms with van der Waals surface area (Å²) in [7, 11) is 0. The van der Waals surface area contributed by atoms with Crippen molar-refractivity contribution in [2.45, 2.75) is 18.2 Å². The van der Waals surface area contributed by atoms with Gasteiger partial charge in [0.2, 0.25) is 0 Å². The Bertz CT molecular complexity index is 557. The van der Waals surface area contributed by atoms with E-state index in [0.29, 0.717) is 5.69 Å². The molecule has 1 heterocycles. The summed E-state index contributed by atoms with van der Waals surface area (Å²) < 4.78 is 0. The molecule has 1 aromatic carbocycles. The summed E-state index contributed by atoms with van der Waals surface area (Å²) in [5, 5.41) is 14.0. The Morgan fingerprint density at radius 3 is 2.89 bits per heavy atom. The van der Waals surface area contributed by atoms with Crippen molar-refractivity contribution < 1.29 is 5.11 Å². The van der Waals surface area contributed by atoms with E-state index in [1.165, 1.54) is 0 Å². The SMILES string of the molecule is CSC(CO)C(C)Nc1ccnc2cc(N)ccc12. The molecule has 4 N–H and O–H groups in total. The van der Waals surface area contributed by atoms with Crippen LogP contribution in [0, 0.1) is 0 Å². The van der Waals surface area contributed by atoms with E-state index in [4.69, 9.17) is 5.73 Å². The highest BCUT2D eigenvalue weighted by Gasteiger charge is 2.15. The minimum Gasteiger partial charge on any atom is -0.399 e. The highest BCUT2D eigenvalue weighted by molar-refractivity contribution is 7.99. The van der Waals surface area contributed by atoms with Crippen LogP contribution in [0.2, 0.25) is 0 Å². The summed E-state index contributed by atoms with van der Waals surface area (Å²) in [5.74, 6) is 0. The van der Waals surface area contributed by atoms with Crippen LogP contribution in [-0.4, -0.2) is 34.2 Å². The van der Waals surface area contributed by atoms with Crippen LogP contribution in [-0.2, 0) is 0 Å². The molecule has 2 rings (SSSR count). The molecule has 0 radical (unpaired) electrons. The fourth-order valence-electron chi connectivity index (χ4n) is 2.07. The van der Waals surface area contributed by atoms with Gasteiger partial charge in [-0.2, -0.15) is 11.8 Å². The molecule has 19 heavy (non-hydrogen) atoms. The summed E-state index contributed by atoms with van der Waals surface area (Å²) >= 11 is 1.66. The van der Waals surface area contributed by atoms with Crippen LogP contribution in [0.5, 0.6) is 0 Å². The predicted molar refractivity (Wildman–Crippen MR) is 83.6 cm³/mol. The van der Waals surface area contributed by atoms with Gasteiger partial charge < -0.3 is 16.2 Å². The fourth-order valence-corrected chi connectivity index (χ4v) is 2.69. The van der Waals surface area contributed by atoms with Crippen molar-refractivity contribution in [3.05, 3.63) is 30.5 Å². The van der Waals surface area contributed by atoms with E-state index in [2.05, 4.69) is 17.2 Å². The van der Waals surface area contributed by atoms with Crippen LogP contribution >= 0.6 is 11.8 Å². The van der Waals surface area contributed by atoms with E-state index >= 15 is 0 Å². The normalized spacial score (nSPS) is 14.3. The van der Waals surface area contributed by atoms with Gasteiger partial charge in [0.05, 0.1) is 12.1 Å². The summed E-state index contributed by atoms with van der Waals surface area (Å²) in [6, 6.07) is 7.83. The number of hydrogen-bond donors (Lipinski definition) is 3. The zero-order valence-electron chi connectivity index (χ0n) is 11.1. The molecule has 4 nitrogen and oxygen atoms in total. The number of rotatable bonds is 5. The third-order valence-corrected chi connectivity index (χ3v) is 4.35. The second-order valence-electron chi connectivity index (χ2n) is 4.52. The van der Waals surface area contributed by atoms with Gasteiger partial charge in [0, 0.05) is 34.2 Å². The average Bonchev–Trinajstić information content (AvgIpc) is 2.40. The molecule has 0 aliphatic rings. The zero-order valence-corrected chi connectivity index (χ0v) is 11.9. The monoisotopic (exact) mass is 277 g/mol. The summed E-state index contributed by atoms with van der Waals surface area (Å²) in [6.45, 7) is 2.23. The van der Waals surface area contributed by atoms with Crippen LogP contribution in [0.4, 0.5) is 11.4 Å². The van der Waals surface area contributed by atoms with Gasteiger partial charge in [0.1, 0.15) is 0 Å². The lowest BCUT2D eigenvalue weighted by Crippen LogP contribution is -2.31. The van der Waals surface area contributed by atoms with Crippen LogP contribution in [0.15, 0.2) is 30.5 Å². The lowest BCUT2D eigenvalue weighted by molar-refractivity contribution is 0.288. The first-order valence-electron chi connectivity index (χ1n) is 6.20. The Hall–Kier alpha value is -1.46. The first kappa shape index (κ1) is 14.0. The molecule has 1 aromatic heterocycles. The molecule has 0 fully saturated rings. The molecule has 2 aromatic rings. The standard InChI is InChI=1S/C14H19N3OS/c1-9(14(8-18)19-2)17-12-5-6-16-13-7-10(15)3-4-11(12)13/h3-7,9,14,18H,8,15H2,1-2H3,(H,16,17). The highest BCUT2D eigenvalue weighted by Crippen LogP contribution is 2.25. The van der Waals surface area contributed by atoms with Crippen molar-refractivity contribution in [1.82, 2.24) is 4.98 Å². The summed E-state index contributed by atoms with van der Waals surface area (Å²) in [6.07, 6.45) is 3.77. The number of anilines is 2. The quantitative estimate of drug-likeness (QED) is 0.732. The van der Waals surface area contributed by atoms with Crippen molar-refractivity contribution >= 4 is 34.0 Å². The number of aliphatic hydroxyl groups is 1. The number of benzene rings is 1. The Morgan fingerprint density at radius 2 is 2.21 bits per heavy atom. The van der Waals surface area contributed by atoms with Crippen molar-refractivity contribution in [2.75, 3.05) is 23.9 Å². The van der Waals surface area contributed by atoms with E-state index < -0.39 is 0 Å². The van der Waals surface area contributed by atoms with E-state index in [9.17, 15) is 5.11 Å². The zero-order chi connectivity index (χ0) is 13.8. The maximum absolute atomic E-state index is 9.33. The Balaban J connectivity index is 2.30. The second kappa shape index (κ2) is 6.12. The predicted octanol–water partition coefficient (Wildman–Crippen LogP) is 2.34. The smallest absolute Gasteiger partial charge is 0.0743 e. The Morgan fingerprint density at radius 1 is 1.42 bits per heavy atom. The highest BCUT2D eigenvalue weighted by atomic mass is 32.2. The number of fused-ring (bicyclic) bond motifs is 1. The third-order valence-electron chi connectivity index (χ3n) is 3.19. The second-order valence-corrected chi connectivity index (χ2v) is 5.60. The van der Waals surface area contributed by atoms with Gasteiger partial charge in [0.15, 0.2) is 0 Å². The Kier molecular flexibility index (Phi) is 4.50. The Labute approximate surface area is 117 Å². The molecular formula is C14H19N3OS. The van der Waals surface area contributed by atoms with Gasteiger partial charge in [-0.1, -0.05) is 0 Å². The molecule has 0 saturated carbocycles. The number of aromatic nitrogens is 1. The van der Waals surface area contributed by atoms with Crippen LogP contribution < -0.4 is 11.1 Å². The van der Waals surface area contributed by atoms with Crippen LogP contribution in [0.1, 0.15) is 6.92 Å². The molecule has 0 saturated heterocycles. The largest absolute Gasteiger partial charge is 0.399 e. The maximum Gasteiger partial charge on any atom is 0.0743 e. The van der Waals surface area contributed by atoms with Gasteiger partial charge in [-0.3, -0.25) is 4.98 Å². The molecule has 102 valence electrons. The first-order chi connectivity index (χ1) is 9.15. The third kappa shape index (κ3) is 3.11. The minimum absolute atomic E-state index is 0.158. The molecule has 0 bridgehead atoms. The van der Waals surface area contributed by atoms with Gasteiger partial charge in [-0.15, -0.1) is 0 Å². The van der Waals surface area contributed by atoms with Crippen molar-refractivity contribution in [3.63, 3.8) is 0 Å². The summed E-state index contributed by atoms with van der Waals surface area (Å²) in [5.41, 5.74) is 8.38. The van der Waals surface area contributed by atoms with Crippen LogP contribution in [0.3, 0.4) is 0 Å². The van der Waals surface area contributed by atoms with Crippen LogP contribution in [0.25, 0.3) is 10.9 Å². The lowest BCUT2D eigenvalue weighted by Gasteiger charge is -2.23. The number of aliphatic hydroxyl groups excluding tert-OH is 1. The van der Waals surface area contributed by atoms with E-state index in [1.807, 2.05) is 30.5 Å². The topological polar surface area (TPSA) is 71.2 Å². The summed E-state index contributed by atoms with van der Waals surface area (Å²) in [4.78, 5) is 4.32. The first-order valence-corrected chi connectivity index (χ1v) is 7.49. The van der Waals surface area contributed by atoms with Crippen molar-refractivity contribution in [3.8, 4) is 0 Å². The average molecular weight is 277 g/mol. The molecule has 5 heteroatoms. The van der Waals surface area contributed by atoms with Gasteiger partial charge in [-0.25, -0.2) is 0 Å². The molecule has 2 atom stereocenters. The number of nitrogens with zero attached hydrogens (tertiary/aromatic N) is 1. The lowest BCUT2D eigenvalue weighted by atomic mass is 10.1. The van der Waals surface area contributed by atoms with Crippen molar-refractivity contribution in [1.29, 1.82) is 0 Å². The minimum atomic E-state index is 0.158. The molecule has 0 aliphatic heterocycles. The van der Waals surface area contributed by atoms with E-state index in [1.54, 1.807) is 18.0 Å². The van der Waals surface area contributed by atoms with E-state index in [-0.39, 0.29) is 17.9 Å². The van der Waals surface area contributed by atoms with Gasteiger partial charge in [-0.05, 0) is 37.4 Å². The number of pyridine rings is 1. The van der Waals surface area contributed by atoms with Crippen molar-refractivity contribution in [2.24, 2.45) is 0 Å². The molecule has 0 amide bonds. The molecule has 2 unspecified atom stereocenters. The number of hydrogen-bond acceptors (Lipinski definition) is 5. The molecule has 0 spiro atoms.